The molecular weight excluding hydrogens is 241 g/mol. The van der Waals surface area contributed by atoms with Crippen LogP contribution in [-0.2, 0) is 0 Å². The Hall–Kier alpha value is -2.29. The highest BCUT2D eigenvalue weighted by Gasteiger charge is 1.97. The van der Waals surface area contributed by atoms with Crippen molar-refractivity contribution in [3.63, 3.8) is 0 Å². The van der Waals surface area contributed by atoms with Crippen molar-refractivity contribution in [2.75, 3.05) is 12.3 Å². The van der Waals surface area contributed by atoms with Gasteiger partial charge in [-0.25, -0.2) is 4.39 Å². The average Bonchev–Trinajstić information content (AvgIpc) is 2.42. The first-order valence-corrected chi connectivity index (χ1v) is 6.15. The summed E-state index contributed by atoms with van der Waals surface area (Å²) >= 11 is 0. The Morgan fingerprint density at radius 1 is 1.05 bits per heavy atom. The molecule has 0 aromatic heterocycles. The molecule has 0 radical (unpaired) electrons. The minimum atomic E-state index is -0.395. The highest BCUT2D eigenvalue weighted by Crippen LogP contribution is 2.16. The number of ether oxygens (including phenoxy) is 1. The van der Waals surface area contributed by atoms with Gasteiger partial charge in [0.1, 0.15) is 11.6 Å². The number of halogens is 1. The molecular formula is C16H16FNO. The summed E-state index contributed by atoms with van der Waals surface area (Å²) in [5, 5.41) is 0. The molecule has 0 unspecified atom stereocenters. The molecule has 0 aliphatic carbocycles. The maximum Gasteiger partial charge on any atom is 0.146 e. The van der Waals surface area contributed by atoms with Gasteiger partial charge in [0.05, 0.1) is 12.3 Å². The van der Waals surface area contributed by atoms with E-state index in [-0.39, 0.29) is 5.69 Å². The van der Waals surface area contributed by atoms with Gasteiger partial charge < -0.3 is 10.5 Å². The second-order valence-corrected chi connectivity index (χ2v) is 4.12. The normalized spacial score (nSPS) is 10.8. The second kappa shape index (κ2) is 6.05. The Morgan fingerprint density at radius 2 is 1.68 bits per heavy atom. The first-order chi connectivity index (χ1) is 9.19. The van der Waals surface area contributed by atoms with Crippen LogP contribution in [0.25, 0.3) is 12.2 Å². The molecule has 2 N–H and O–H groups in total. The molecule has 98 valence electrons. The van der Waals surface area contributed by atoms with E-state index in [0.29, 0.717) is 6.61 Å². The number of rotatable bonds is 4. The van der Waals surface area contributed by atoms with E-state index in [0.717, 1.165) is 16.9 Å². The Kier molecular flexibility index (Phi) is 4.18. The van der Waals surface area contributed by atoms with E-state index in [1.54, 1.807) is 12.1 Å². The third-order valence-electron chi connectivity index (χ3n) is 2.68. The molecule has 19 heavy (non-hydrogen) atoms. The molecule has 2 rings (SSSR count). The third-order valence-corrected chi connectivity index (χ3v) is 2.68. The van der Waals surface area contributed by atoms with Crippen LogP contribution in [0.5, 0.6) is 5.75 Å². The average molecular weight is 257 g/mol. The number of benzene rings is 2. The summed E-state index contributed by atoms with van der Waals surface area (Å²) < 4.78 is 18.6. The molecule has 2 nitrogen and oxygen atoms in total. The van der Waals surface area contributed by atoms with E-state index >= 15 is 0 Å². The van der Waals surface area contributed by atoms with E-state index in [1.807, 2.05) is 43.3 Å². The van der Waals surface area contributed by atoms with Crippen LogP contribution in [0.15, 0.2) is 42.5 Å². The van der Waals surface area contributed by atoms with Gasteiger partial charge in [0.15, 0.2) is 0 Å². The Morgan fingerprint density at radius 3 is 2.32 bits per heavy atom. The van der Waals surface area contributed by atoms with Crippen LogP contribution in [0, 0.1) is 5.82 Å². The Bertz CT molecular complexity index is 576. The third kappa shape index (κ3) is 3.58. The fraction of sp³-hybridized carbons (Fsp3) is 0.125. The highest BCUT2D eigenvalue weighted by atomic mass is 19.1. The maximum absolute atomic E-state index is 13.3. The number of nitrogens with two attached hydrogens (primary N) is 1. The van der Waals surface area contributed by atoms with Crippen LogP contribution in [0.3, 0.4) is 0 Å². The van der Waals surface area contributed by atoms with E-state index in [9.17, 15) is 4.39 Å². The molecule has 0 spiro atoms. The van der Waals surface area contributed by atoms with Crippen LogP contribution >= 0.6 is 0 Å². The van der Waals surface area contributed by atoms with Crippen molar-refractivity contribution in [1.82, 2.24) is 0 Å². The summed E-state index contributed by atoms with van der Waals surface area (Å²) in [4.78, 5) is 0. The zero-order valence-corrected chi connectivity index (χ0v) is 10.8. The van der Waals surface area contributed by atoms with Gasteiger partial charge in [-0.3, -0.25) is 0 Å². The van der Waals surface area contributed by atoms with E-state index in [4.69, 9.17) is 10.5 Å². The summed E-state index contributed by atoms with van der Waals surface area (Å²) in [6, 6.07) is 12.5. The highest BCUT2D eigenvalue weighted by molar-refractivity contribution is 5.70. The Labute approximate surface area is 112 Å². The molecule has 0 fully saturated rings. The first-order valence-electron chi connectivity index (χ1n) is 6.15. The molecule has 0 atom stereocenters. The molecule has 0 bridgehead atoms. The lowest BCUT2D eigenvalue weighted by Crippen LogP contribution is -1.90. The molecule has 0 saturated heterocycles. The van der Waals surface area contributed by atoms with Crippen molar-refractivity contribution in [1.29, 1.82) is 0 Å². The Balaban J connectivity index is 2.11. The van der Waals surface area contributed by atoms with Gasteiger partial charge >= 0.3 is 0 Å². The van der Waals surface area contributed by atoms with Gasteiger partial charge in [0, 0.05) is 0 Å². The standard InChI is InChI=1S/C16H16FNO/c1-2-19-14-8-5-12(6-9-14)3-4-13-7-10-16(18)15(17)11-13/h3-11H,2,18H2,1H3/b4-3+. The fourth-order valence-electron chi connectivity index (χ4n) is 1.68. The van der Waals surface area contributed by atoms with Crippen molar-refractivity contribution in [3.8, 4) is 5.75 Å². The minimum Gasteiger partial charge on any atom is -0.494 e. The SMILES string of the molecule is CCOc1ccc(/C=C/c2ccc(N)c(F)c2)cc1. The van der Waals surface area contributed by atoms with Crippen molar-refractivity contribution in [3.05, 3.63) is 59.4 Å². The number of anilines is 1. The van der Waals surface area contributed by atoms with Crippen molar-refractivity contribution < 1.29 is 9.13 Å². The van der Waals surface area contributed by atoms with Crippen LogP contribution in [0.2, 0.25) is 0 Å². The lowest BCUT2D eigenvalue weighted by atomic mass is 10.1. The molecule has 0 aliphatic rings. The fourth-order valence-corrected chi connectivity index (χ4v) is 1.68. The predicted octanol–water partition coefficient (Wildman–Crippen LogP) is 3.98. The van der Waals surface area contributed by atoms with Gasteiger partial charge in [-0.1, -0.05) is 30.4 Å². The van der Waals surface area contributed by atoms with Crippen molar-refractivity contribution in [2.45, 2.75) is 6.92 Å². The minimum absolute atomic E-state index is 0.165. The second-order valence-electron chi connectivity index (χ2n) is 4.12. The topological polar surface area (TPSA) is 35.2 Å². The summed E-state index contributed by atoms with van der Waals surface area (Å²) in [5.74, 6) is 0.451. The van der Waals surface area contributed by atoms with Crippen LogP contribution in [0.4, 0.5) is 10.1 Å². The molecule has 0 saturated carbocycles. The zero-order chi connectivity index (χ0) is 13.7. The van der Waals surface area contributed by atoms with Crippen LogP contribution in [-0.4, -0.2) is 6.61 Å². The number of hydrogen-bond donors (Lipinski definition) is 1. The monoisotopic (exact) mass is 257 g/mol. The summed E-state index contributed by atoms with van der Waals surface area (Å²) in [7, 11) is 0. The predicted molar refractivity (Wildman–Crippen MR) is 77.4 cm³/mol. The number of hydrogen-bond acceptors (Lipinski definition) is 2. The molecule has 0 amide bonds. The largest absolute Gasteiger partial charge is 0.494 e. The van der Waals surface area contributed by atoms with Crippen LogP contribution in [0.1, 0.15) is 18.1 Å². The molecule has 2 aromatic rings. The lowest BCUT2D eigenvalue weighted by molar-refractivity contribution is 0.340. The van der Waals surface area contributed by atoms with Gasteiger partial charge in [0.2, 0.25) is 0 Å². The molecule has 0 aliphatic heterocycles. The van der Waals surface area contributed by atoms with Gasteiger partial charge in [-0.05, 0) is 42.3 Å². The maximum atomic E-state index is 13.3. The molecule has 2 aromatic carbocycles. The first kappa shape index (κ1) is 13.1. The van der Waals surface area contributed by atoms with Crippen molar-refractivity contribution in [2.24, 2.45) is 0 Å². The smallest absolute Gasteiger partial charge is 0.146 e. The number of nitrogen functional groups attached to an aromatic ring is 1. The quantitative estimate of drug-likeness (QED) is 0.664. The van der Waals surface area contributed by atoms with Crippen LogP contribution < -0.4 is 10.5 Å². The van der Waals surface area contributed by atoms with Crippen molar-refractivity contribution >= 4 is 17.8 Å². The van der Waals surface area contributed by atoms with Gasteiger partial charge in [0.25, 0.3) is 0 Å². The summed E-state index contributed by atoms with van der Waals surface area (Å²) in [6.45, 7) is 2.60. The van der Waals surface area contributed by atoms with E-state index < -0.39 is 5.82 Å². The van der Waals surface area contributed by atoms with Gasteiger partial charge in [-0.15, -0.1) is 0 Å². The summed E-state index contributed by atoms with van der Waals surface area (Å²) in [5.41, 5.74) is 7.40. The van der Waals surface area contributed by atoms with Gasteiger partial charge in [-0.2, -0.15) is 0 Å². The van der Waals surface area contributed by atoms with E-state index in [2.05, 4.69) is 0 Å². The molecule has 0 heterocycles. The lowest BCUT2D eigenvalue weighted by Gasteiger charge is -2.02. The van der Waals surface area contributed by atoms with E-state index in [1.165, 1.54) is 6.07 Å². The zero-order valence-electron chi connectivity index (χ0n) is 10.8. The molecule has 3 heteroatoms. The summed E-state index contributed by atoms with van der Waals surface area (Å²) in [6.07, 6.45) is 3.76.